The van der Waals surface area contributed by atoms with Crippen molar-refractivity contribution in [1.82, 2.24) is 20.2 Å². The van der Waals surface area contributed by atoms with Crippen LogP contribution < -0.4 is 15.5 Å². The summed E-state index contributed by atoms with van der Waals surface area (Å²) in [6.07, 6.45) is 7.27. The first-order valence-electron chi connectivity index (χ1n) is 15.9. The van der Waals surface area contributed by atoms with E-state index in [1.807, 2.05) is 35.2 Å². The minimum atomic E-state index is -0.220. The van der Waals surface area contributed by atoms with E-state index in [4.69, 9.17) is 14.7 Å². The molecule has 2 unspecified atom stereocenters. The van der Waals surface area contributed by atoms with Gasteiger partial charge in [0.25, 0.3) is 0 Å². The Kier molecular flexibility index (Phi) is 11.2. The number of anilines is 2. The Morgan fingerprint density at radius 2 is 1.89 bits per heavy atom. The van der Waals surface area contributed by atoms with E-state index in [0.717, 1.165) is 54.9 Å². The molecule has 3 amide bonds. The van der Waals surface area contributed by atoms with Crippen LogP contribution in [0.4, 0.5) is 16.3 Å². The second kappa shape index (κ2) is 14.8. The van der Waals surface area contributed by atoms with Gasteiger partial charge in [0, 0.05) is 43.4 Å². The first kappa shape index (κ1) is 33.2. The molecule has 0 aliphatic carbocycles. The van der Waals surface area contributed by atoms with Crippen molar-refractivity contribution >= 4 is 23.4 Å². The quantitative estimate of drug-likeness (QED) is 0.208. The summed E-state index contributed by atoms with van der Waals surface area (Å²) in [6.45, 7) is 21.6. The molecular formula is C35H50N6O3. The Morgan fingerprint density at radius 3 is 2.55 bits per heavy atom. The molecule has 9 heteroatoms. The molecule has 1 aromatic carbocycles. The lowest BCUT2D eigenvalue weighted by Gasteiger charge is -2.40. The molecule has 3 heterocycles. The molecule has 1 saturated heterocycles. The molecule has 4 rings (SSSR count). The zero-order valence-corrected chi connectivity index (χ0v) is 27.2. The summed E-state index contributed by atoms with van der Waals surface area (Å²) in [4.78, 5) is 39.5. The van der Waals surface area contributed by atoms with E-state index in [9.17, 15) is 9.59 Å². The van der Waals surface area contributed by atoms with Crippen LogP contribution in [0.15, 0.2) is 49.1 Å². The van der Waals surface area contributed by atoms with Gasteiger partial charge in [-0.05, 0) is 82.1 Å². The molecule has 1 aromatic heterocycles. The summed E-state index contributed by atoms with van der Waals surface area (Å²) in [5.74, 6) is 1.55. The third-order valence-electron chi connectivity index (χ3n) is 8.69. The van der Waals surface area contributed by atoms with Crippen molar-refractivity contribution in [3.05, 3.63) is 60.3 Å². The fraction of sp³-hybridized carbons (Fsp3) is 0.543. The van der Waals surface area contributed by atoms with Gasteiger partial charge in [-0.3, -0.25) is 4.79 Å². The van der Waals surface area contributed by atoms with Gasteiger partial charge in [0.15, 0.2) is 5.82 Å². The largest absolute Gasteiger partial charge is 0.377 e. The summed E-state index contributed by atoms with van der Waals surface area (Å²) in [6, 6.07) is 7.38. The summed E-state index contributed by atoms with van der Waals surface area (Å²) in [5, 5.41) is 5.92. The minimum absolute atomic E-state index is 0.0316. The number of hydrogen-bond acceptors (Lipinski definition) is 6. The highest BCUT2D eigenvalue weighted by Gasteiger charge is 2.35. The molecule has 2 atom stereocenters. The second-order valence-corrected chi connectivity index (χ2v) is 13.0. The lowest BCUT2D eigenvalue weighted by Crippen LogP contribution is -2.46. The summed E-state index contributed by atoms with van der Waals surface area (Å²) in [7, 11) is 0. The Hall–Kier alpha value is -3.72. The van der Waals surface area contributed by atoms with Crippen LogP contribution >= 0.6 is 0 Å². The van der Waals surface area contributed by atoms with E-state index in [1.165, 1.54) is 5.57 Å². The van der Waals surface area contributed by atoms with Crippen molar-refractivity contribution < 1.29 is 14.3 Å². The SMILES string of the molecule is C=CCC1c2nc(-c3ccc(NC(=O)NCCCC(C)(C)CCC(=C)C)cc3)nc(N3CCOCC3C)c2CCN1C(C)=O. The van der Waals surface area contributed by atoms with Crippen LogP contribution in [0.2, 0.25) is 0 Å². The van der Waals surface area contributed by atoms with Gasteiger partial charge < -0.3 is 25.2 Å². The zero-order valence-electron chi connectivity index (χ0n) is 27.2. The lowest BCUT2D eigenvalue weighted by atomic mass is 9.82. The number of urea groups is 1. The molecule has 2 N–H and O–H groups in total. The number of nitrogens with one attached hydrogen (secondary N) is 2. The summed E-state index contributed by atoms with van der Waals surface area (Å²) in [5.41, 5.74) is 4.95. The lowest BCUT2D eigenvalue weighted by molar-refractivity contribution is -0.131. The van der Waals surface area contributed by atoms with Crippen molar-refractivity contribution in [2.45, 2.75) is 85.2 Å². The molecule has 0 spiro atoms. The number of morpholine rings is 1. The number of nitrogens with zero attached hydrogens (tertiary/aromatic N) is 4. The molecule has 9 nitrogen and oxygen atoms in total. The van der Waals surface area contributed by atoms with Crippen LogP contribution in [0, 0.1) is 5.41 Å². The van der Waals surface area contributed by atoms with Gasteiger partial charge in [-0.2, -0.15) is 0 Å². The average molecular weight is 603 g/mol. The molecular weight excluding hydrogens is 552 g/mol. The van der Waals surface area contributed by atoms with Crippen molar-refractivity contribution in [2.24, 2.45) is 5.41 Å². The Morgan fingerprint density at radius 1 is 1.14 bits per heavy atom. The first-order valence-corrected chi connectivity index (χ1v) is 15.9. The van der Waals surface area contributed by atoms with E-state index >= 15 is 0 Å². The Balaban J connectivity index is 1.49. The number of carbonyl (C=O) groups is 2. The summed E-state index contributed by atoms with van der Waals surface area (Å²) < 4.78 is 5.71. The van der Waals surface area contributed by atoms with E-state index in [1.54, 1.807) is 6.92 Å². The molecule has 238 valence electrons. The predicted molar refractivity (Wildman–Crippen MR) is 178 cm³/mol. The number of benzene rings is 1. The van der Waals surface area contributed by atoms with E-state index in [-0.39, 0.29) is 29.4 Å². The average Bonchev–Trinajstić information content (AvgIpc) is 2.99. The van der Waals surface area contributed by atoms with Gasteiger partial charge in [0.05, 0.1) is 31.0 Å². The molecule has 0 saturated carbocycles. The van der Waals surface area contributed by atoms with Gasteiger partial charge in [0.1, 0.15) is 5.82 Å². The van der Waals surface area contributed by atoms with Gasteiger partial charge in [-0.15, -0.1) is 13.2 Å². The van der Waals surface area contributed by atoms with Gasteiger partial charge in [-0.1, -0.05) is 25.5 Å². The number of allylic oxidation sites excluding steroid dienone is 1. The zero-order chi connectivity index (χ0) is 31.9. The normalized spacial score (nSPS) is 18.4. The van der Waals surface area contributed by atoms with E-state index in [2.05, 4.69) is 56.4 Å². The standard InChI is InChI=1S/C35H50N6O3/c1-8-10-30-31-29(16-20-41(30)26(5)42)33(40-21-22-44-23-25(40)4)39-32(38-31)27-11-13-28(14-12-27)37-34(43)36-19-9-17-35(6,7)18-15-24(2)3/h8,11-14,25,30H,1-2,9-10,15-23H2,3-7H3,(H2,36,37,43). The second-order valence-electron chi connectivity index (χ2n) is 13.0. The number of ether oxygens (including phenoxy) is 1. The number of amides is 3. The molecule has 2 aromatic rings. The summed E-state index contributed by atoms with van der Waals surface area (Å²) >= 11 is 0. The molecule has 44 heavy (non-hydrogen) atoms. The highest BCUT2D eigenvalue weighted by molar-refractivity contribution is 5.89. The number of hydrogen-bond donors (Lipinski definition) is 2. The van der Waals surface area contributed by atoms with Crippen LogP contribution in [0.1, 0.15) is 84.0 Å². The van der Waals surface area contributed by atoms with Crippen molar-refractivity contribution in [3.8, 4) is 11.4 Å². The number of aromatic nitrogens is 2. The number of rotatable bonds is 12. The molecule has 2 aliphatic heterocycles. The van der Waals surface area contributed by atoms with Crippen molar-refractivity contribution in [2.75, 3.05) is 43.1 Å². The topological polar surface area (TPSA) is 99.7 Å². The van der Waals surface area contributed by atoms with Gasteiger partial charge >= 0.3 is 6.03 Å². The van der Waals surface area contributed by atoms with Crippen LogP contribution in [0.25, 0.3) is 11.4 Å². The maximum Gasteiger partial charge on any atom is 0.319 e. The molecule has 2 aliphatic rings. The highest BCUT2D eigenvalue weighted by Crippen LogP contribution is 2.38. The van der Waals surface area contributed by atoms with E-state index < -0.39 is 0 Å². The highest BCUT2D eigenvalue weighted by atomic mass is 16.5. The van der Waals surface area contributed by atoms with Crippen LogP contribution in [0.3, 0.4) is 0 Å². The third-order valence-corrected chi connectivity index (χ3v) is 8.69. The van der Waals surface area contributed by atoms with E-state index in [0.29, 0.717) is 50.7 Å². The smallest absolute Gasteiger partial charge is 0.319 e. The Labute approximate surface area is 263 Å². The fourth-order valence-electron chi connectivity index (χ4n) is 6.05. The number of carbonyl (C=O) groups excluding carboxylic acids is 2. The van der Waals surface area contributed by atoms with Crippen LogP contribution in [-0.2, 0) is 16.0 Å². The maximum absolute atomic E-state index is 12.6. The molecule has 0 bridgehead atoms. The number of fused-ring (bicyclic) bond motifs is 1. The predicted octanol–water partition coefficient (Wildman–Crippen LogP) is 6.67. The third kappa shape index (κ3) is 8.46. The van der Waals surface area contributed by atoms with Crippen molar-refractivity contribution in [1.29, 1.82) is 0 Å². The van der Waals surface area contributed by atoms with Gasteiger partial charge in [0.2, 0.25) is 5.91 Å². The minimum Gasteiger partial charge on any atom is -0.377 e. The maximum atomic E-state index is 12.6. The van der Waals surface area contributed by atoms with Crippen molar-refractivity contribution in [3.63, 3.8) is 0 Å². The molecule has 1 fully saturated rings. The monoisotopic (exact) mass is 602 g/mol. The Bertz CT molecular complexity index is 1340. The van der Waals surface area contributed by atoms with Crippen LogP contribution in [0.5, 0.6) is 0 Å². The fourth-order valence-corrected chi connectivity index (χ4v) is 6.05. The van der Waals surface area contributed by atoms with Gasteiger partial charge in [-0.25, -0.2) is 14.8 Å². The first-order chi connectivity index (χ1) is 21.0. The van der Waals surface area contributed by atoms with Crippen LogP contribution in [-0.4, -0.2) is 65.7 Å². The molecule has 0 radical (unpaired) electrons.